The molecule has 5 rings (SSSR count). The van der Waals surface area contributed by atoms with E-state index in [0.29, 0.717) is 0 Å². The van der Waals surface area contributed by atoms with Crippen molar-refractivity contribution in [3.63, 3.8) is 0 Å². The van der Waals surface area contributed by atoms with E-state index in [4.69, 9.17) is 4.74 Å². The number of hydrogen-bond acceptors (Lipinski definition) is 6. The number of rotatable bonds is 4. The van der Waals surface area contributed by atoms with Crippen LogP contribution in [0.25, 0.3) is 6.08 Å². The maximum absolute atomic E-state index is 14.1. The van der Waals surface area contributed by atoms with Gasteiger partial charge in [-0.05, 0) is 48.9 Å². The third-order valence-electron chi connectivity index (χ3n) is 6.84. The standard InChI is InChI=1S/C24H29FN4OS/c1-23(2)19-16-18(25)7-8-20(19)29-11-5-10-27-24(23,29)9-4-3-6-21-22(26-17-31-21)28-12-14-30-15-13-28/h3-4,6-9,16-17,27H,5,10-15H2,1-2H3. The van der Waals surface area contributed by atoms with Crippen LogP contribution in [0.4, 0.5) is 15.9 Å². The molecule has 2 fully saturated rings. The lowest BCUT2D eigenvalue weighted by atomic mass is 9.74. The molecule has 3 aliphatic heterocycles. The first-order valence-corrected chi connectivity index (χ1v) is 11.9. The van der Waals surface area contributed by atoms with Gasteiger partial charge in [0.25, 0.3) is 0 Å². The lowest BCUT2D eigenvalue weighted by Crippen LogP contribution is -2.67. The van der Waals surface area contributed by atoms with Gasteiger partial charge >= 0.3 is 0 Å². The summed E-state index contributed by atoms with van der Waals surface area (Å²) in [6.45, 7) is 9.58. The molecule has 0 saturated carbocycles. The molecule has 1 unspecified atom stereocenters. The van der Waals surface area contributed by atoms with E-state index in [2.05, 4.69) is 58.3 Å². The number of fused-ring (bicyclic) bond motifs is 3. The fourth-order valence-corrected chi connectivity index (χ4v) is 5.89. The Morgan fingerprint density at radius 2 is 2.03 bits per heavy atom. The number of hydrogen-bond donors (Lipinski definition) is 1. The van der Waals surface area contributed by atoms with E-state index in [1.54, 1.807) is 23.5 Å². The van der Waals surface area contributed by atoms with Crippen molar-refractivity contribution >= 4 is 28.9 Å². The molecule has 5 nitrogen and oxygen atoms in total. The smallest absolute Gasteiger partial charge is 0.147 e. The summed E-state index contributed by atoms with van der Waals surface area (Å²) in [7, 11) is 0. The predicted octanol–water partition coefficient (Wildman–Crippen LogP) is 4.18. The van der Waals surface area contributed by atoms with Gasteiger partial charge < -0.3 is 14.5 Å². The summed E-state index contributed by atoms with van der Waals surface area (Å²) in [6, 6.07) is 5.20. The van der Waals surface area contributed by atoms with E-state index in [1.165, 1.54) is 0 Å². The van der Waals surface area contributed by atoms with Gasteiger partial charge in [-0.2, -0.15) is 0 Å². The molecule has 0 bridgehead atoms. The number of thiazole rings is 1. The highest BCUT2D eigenvalue weighted by atomic mass is 32.1. The molecule has 31 heavy (non-hydrogen) atoms. The fraction of sp³-hybridized carbons (Fsp3) is 0.458. The largest absolute Gasteiger partial charge is 0.378 e. The zero-order valence-corrected chi connectivity index (χ0v) is 18.9. The highest BCUT2D eigenvalue weighted by Crippen LogP contribution is 2.52. The summed E-state index contributed by atoms with van der Waals surface area (Å²) in [5, 5.41) is 3.76. The van der Waals surface area contributed by atoms with Crippen molar-refractivity contribution in [3.8, 4) is 0 Å². The van der Waals surface area contributed by atoms with Gasteiger partial charge in [0.1, 0.15) is 17.3 Å². The lowest BCUT2D eigenvalue weighted by molar-refractivity contribution is 0.122. The summed E-state index contributed by atoms with van der Waals surface area (Å²) < 4.78 is 19.5. The molecule has 3 aliphatic rings. The van der Waals surface area contributed by atoms with Crippen molar-refractivity contribution in [2.75, 3.05) is 49.2 Å². The summed E-state index contributed by atoms with van der Waals surface area (Å²) in [5.74, 6) is 0.865. The fourth-order valence-electron chi connectivity index (χ4n) is 5.18. The minimum atomic E-state index is -0.369. The highest BCUT2D eigenvalue weighted by Gasteiger charge is 2.56. The van der Waals surface area contributed by atoms with Crippen molar-refractivity contribution < 1.29 is 9.13 Å². The number of nitrogens with zero attached hydrogens (tertiary/aromatic N) is 3. The Morgan fingerprint density at radius 1 is 1.19 bits per heavy atom. The number of halogens is 1. The number of benzene rings is 1. The van der Waals surface area contributed by atoms with Crippen LogP contribution in [-0.2, 0) is 10.2 Å². The molecule has 7 heteroatoms. The molecule has 1 N–H and O–H groups in total. The van der Waals surface area contributed by atoms with E-state index < -0.39 is 0 Å². The van der Waals surface area contributed by atoms with Crippen molar-refractivity contribution in [1.29, 1.82) is 0 Å². The number of ether oxygens (including phenoxy) is 1. The van der Waals surface area contributed by atoms with Crippen LogP contribution in [0.1, 0.15) is 30.7 Å². The van der Waals surface area contributed by atoms with Crippen LogP contribution in [0.5, 0.6) is 0 Å². The molecular formula is C24H29FN4OS. The van der Waals surface area contributed by atoms with Crippen molar-refractivity contribution in [1.82, 2.24) is 10.3 Å². The third kappa shape index (κ3) is 3.39. The molecular weight excluding hydrogens is 411 g/mol. The zero-order chi connectivity index (χ0) is 21.5. The van der Waals surface area contributed by atoms with Gasteiger partial charge in [-0.3, -0.25) is 5.32 Å². The molecule has 0 aliphatic carbocycles. The van der Waals surface area contributed by atoms with Crippen LogP contribution in [0.3, 0.4) is 0 Å². The second-order valence-electron chi connectivity index (χ2n) is 8.84. The third-order valence-corrected chi connectivity index (χ3v) is 7.62. The quantitative estimate of drug-likeness (QED) is 0.723. The molecule has 2 aromatic rings. The van der Waals surface area contributed by atoms with Gasteiger partial charge in [-0.25, -0.2) is 9.37 Å². The van der Waals surface area contributed by atoms with Crippen LogP contribution >= 0.6 is 11.3 Å². The van der Waals surface area contributed by atoms with Gasteiger partial charge in [0.2, 0.25) is 0 Å². The molecule has 1 aromatic heterocycles. The topological polar surface area (TPSA) is 40.6 Å². The van der Waals surface area contributed by atoms with Crippen LogP contribution in [0, 0.1) is 5.82 Å². The summed E-state index contributed by atoms with van der Waals surface area (Å²) in [4.78, 5) is 10.4. The first-order valence-electron chi connectivity index (χ1n) is 11.0. The molecule has 2 saturated heterocycles. The SMILES string of the molecule is CC1(C)c2cc(F)ccc2N2CCCNC21C=CC=Cc1scnc1N1CCOCC1. The van der Waals surface area contributed by atoms with Crippen LogP contribution in [0.15, 0.2) is 41.9 Å². The molecule has 0 spiro atoms. The second kappa shape index (κ2) is 8.04. The maximum Gasteiger partial charge on any atom is 0.147 e. The Hall–Kier alpha value is -2.22. The maximum atomic E-state index is 14.1. The van der Waals surface area contributed by atoms with Gasteiger partial charge in [0.15, 0.2) is 0 Å². The van der Waals surface area contributed by atoms with Gasteiger partial charge in [0.05, 0.1) is 23.6 Å². The van der Waals surface area contributed by atoms with Crippen LogP contribution < -0.4 is 15.1 Å². The predicted molar refractivity (Wildman–Crippen MR) is 125 cm³/mol. The van der Waals surface area contributed by atoms with E-state index in [-0.39, 0.29) is 16.9 Å². The van der Waals surface area contributed by atoms with Crippen LogP contribution in [0.2, 0.25) is 0 Å². The average Bonchev–Trinajstić information content (AvgIpc) is 3.32. The summed E-state index contributed by atoms with van der Waals surface area (Å²) in [5.41, 5.74) is 3.46. The summed E-state index contributed by atoms with van der Waals surface area (Å²) in [6.07, 6.45) is 9.67. The average molecular weight is 441 g/mol. The van der Waals surface area contributed by atoms with Crippen molar-refractivity contribution in [2.45, 2.75) is 31.3 Å². The molecule has 0 radical (unpaired) electrons. The first kappa shape index (κ1) is 20.7. The normalized spacial score (nSPS) is 25.4. The Kier molecular flexibility index (Phi) is 5.36. The van der Waals surface area contributed by atoms with Crippen molar-refractivity contribution in [2.24, 2.45) is 0 Å². The molecule has 164 valence electrons. The highest BCUT2D eigenvalue weighted by molar-refractivity contribution is 7.11. The van der Waals surface area contributed by atoms with Crippen molar-refractivity contribution in [3.05, 3.63) is 58.2 Å². The first-order chi connectivity index (χ1) is 15.0. The Balaban J connectivity index is 1.42. The van der Waals surface area contributed by atoms with E-state index in [9.17, 15) is 4.39 Å². The van der Waals surface area contributed by atoms with Gasteiger partial charge in [-0.1, -0.05) is 26.0 Å². The number of anilines is 2. The van der Waals surface area contributed by atoms with Gasteiger partial charge in [0, 0.05) is 30.7 Å². The Labute approximate surface area is 187 Å². The van der Waals surface area contributed by atoms with E-state index in [1.807, 2.05) is 11.6 Å². The molecule has 1 atom stereocenters. The second-order valence-corrected chi connectivity index (χ2v) is 9.73. The van der Waals surface area contributed by atoms with Gasteiger partial charge in [-0.15, -0.1) is 11.3 Å². The monoisotopic (exact) mass is 440 g/mol. The Bertz CT molecular complexity index is 1010. The molecule has 4 heterocycles. The number of morpholine rings is 1. The van der Waals surface area contributed by atoms with E-state index >= 15 is 0 Å². The number of nitrogens with one attached hydrogen (secondary N) is 1. The lowest BCUT2D eigenvalue weighted by Gasteiger charge is -2.49. The molecule has 1 aromatic carbocycles. The molecule has 0 amide bonds. The Morgan fingerprint density at radius 3 is 2.87 bits per heavy atom. The van der Waals surface area contributed by atoms with E-state index in [0.717, 1.165) is 67.8 Å². The number of allylic oxidation sites excluding steroid dienone is 2. The number of aromatic nitrogens is 1. The minimum absolute atomic E-state index is 0.175. The van der Waals surface area contributed by atoms with Crippen LogP contribution in [-0.4, -0.2) is 50.0 Å². The minimum Gasteiger partial charge on any atom is -0.378 e. The zero-order valence-electron chi connectivity index (χ0n) is 18.1. The summed E-state index contributed by atoms with van der Waals surface area (Å²) >= 11 is 1.66.